The lowest BCUT2D eigenvalue weighted by atomic mass is 9.94. The zero-order valence-corrected chi connectivity index (χ0v) is 29.3. The minimum atomic E-state index is -4.48. The van der Waals surface area contributed by atoms with Crippen molar-refractivity contribution in [3.05, 3.63) is 167 Å². The van der Waals surface area contributed by atoms with Gasteiger partial charge in [0.2, 0.25) is 0 Å². The molecule has 0 bridgehead atoms. The van der Waals surface area contributed by atoms with E-state index in [1.807, 2.05) is 60.7 Å². The molecule has 6 heteroatoms. The fraction of sp³-hybridized carbons (Fsp3) is 0.0851. The first-order valence-corrected chi connectivity index (χ1v) is 17.5. The van der Waals surface area contributed by atoms with Gasteiger partial charge in [0, 0.05) is 32.7 Å². The molecule has 0 unspecified atom stereocenters. The highest BCUT2D eigenvalue weighted by atomic mass is 19.4. The van der Waals surface area contributed by atoms with Gasteiger partial charge in [-0.25, -0.2) is 0 Å². The molecule has 9 aromatic rings. The lowest BCUT2D eigenvalue weighted by Crippen LogP contribution is -2.05. The minimum Gasteiger partial charge on any atom is -0.309 e. The van der Waals surface area contributed by atoms with Crippen LogP contribution in [0.5, 0.6) is 0 Å². The number of fused-ring (bicyclic) bond motifs is 6. The fourth-order valence-electron chi connectivity index (χ4n) is 7.94. The number of aromatic nitrogens is 2. The molecule has 0 radical (unpaired) electrons. The Hall–Kier alpha value is -6.58. The van der Waals surface area contributed by atoms with Gasteiger partial charge in [0.25, 0.3) is 0 Å². The van der Waals surface area contributed by atoms with Crippen molar-refractivity contribution in [3.63, 3.8) is 0 Å². The van der Waals surface area contributed by atoms with E-state index < -0.39 is 11.7 Å². The topological polar surface area (TPSA) is 33.6 Å². The predicted octanol–water partition coefficient (Wildman–Crippen LogP) is 13.0. The third-order valence-corrected chi connectivity index (χ3v) is 10.3. The molecule has 0 atom stereocenters. The van der Waals surface area contributed by atoms with E-state index in [4.69, 9.17) is 0 Å². The summed E-state index contributed by atoms with van der Waals surface area (Å²) in [6.45, 7) is 5.85. The van der Waals surface area contributed by atoms with Crippen LogP contribution in [0.2, 0.25) is 0 Å². The first-order chi connectivity index (χ1) is 25.6. The van der Waals surface area contributed by atoms with Crippen LogP contribution in [0, 0.1) is 32.1 Å². The highest BCUT2D eigenvalue weighted by molar-refractivity contribution is 6.11. The standard InChI is InChI=1S/C47H32F3N3/c1-28-12-18-43-39(22-28)35-8-4-6-10-41(35)52(43)45-24-31(27-51)14-16-37(45)38-17-15-32(33-20-30(3)21-34(25-33)47(48,49)50)26-46(38)53-42-11-7-5-9-36(42)40-23-29(2)13-19-44(40)53/h4-26H,1-3H3. The van der Waals surface area contributed by atoms with E-state index in [9.17, 15) is 18.4 Å². The van der Waals surface area contributed by atoms with Crippen LogP contribution in [0.1, 0.15) is 27.8 Å². The van der Waals surface area contributed by atoms with E-state index in [1.165, 1.54) is 12.1 Å². The lowest BCUT2D eigenvalue weighted by molar-refractivity contribution is -0.137. The lowest BCUT2D eigenvalue weighted by Gasteiger charge is -2.20. The second kappa shape index (κ2) is 12.0. The number of benzene rings is 7. The molecule has 0 aliphatic rings. The second-order valence-electron chi connectivity index (χ2n) is 13.9. The summed E-state index contributed by atoms with van der Waals surface area (Å²) in [7, 11) is 0. The van der Waals surface area contributed by atoms with Crippen molar-refractivity contribution < 1.29 is 13.2 Å². The van der Waals surface area contributed by atoms with E-state index >= 15 is 0 Å². The summed E-state index contributed by atoms with van der Waals surface area (Å²) in [6, 6.07) is 47.6. The zero-order valence-electron chi connectivity index (χ0n) is 29.3. The number of alkyl halides is 3. The molecule has 3 nitrogen and oxygen atoms in total. The molecule has 0 aliphatic carbocycles. The summed E-state index contributed by atoms with van der Waals surface area (Å²) in [4.78, 5) is 0. The average molecular weight is 696 g/mol. The smallest absolute Gasteiger partial charge is 0.309 e. The molecule has 9 rings (SSSR count). The van der Waals surface area contributed by atoms with Gasteiger partial charge in [0.05, 0.1) is 50.6 Å². The van der Waals surface area contributed by atoms with Gasteiger partial charge in [0.15, 0.2) is 0 Å². The SMILES string of the molecule is Cc1cc(-c2ccc(-c3ccc(C#N)cc3-n3c4ccccc4c4cc(C)ccc43)c(-n3c4ccccc4c4cc(C)ccc43)c2)cc(C(F)(F)F)c1. The Labute approximate surface area is 304 Å². The van der Waals surface area contributed by atoms with Crippen LogP contribution < -0.4 is 0 Å². The molecule has 0 saturated heterocycles. The predicted molar refractivity (Wildman–Crippen MR) is 210 cm³/mol. The van der Waals surface area contributed by atoms with Crippen molar-refractivity contribution in [2.45, 2.75) is 26.9 Å². The van der Waals surface area contributed by atoms with E-state index in [-0.39, 0.29) is 0 Å². The molecule has 0 fully saturated rings. The Morgan fingerprint density at radius 1 is 0.472 bits per heavy atom. The molecule has 0 N–H and O–H groups in total. The van der Waals surface area contributed by atoms with Crippen molar-refractivity contribution in [1.29, 1.82) is 5.26 Å². The van der Waals surface area contributed by atoms with Crippen LogP contribution in [-0.2, 0) is 6.18 Å². The number of hydrogen-bond donors (Lipinski definition) is 0. The van der Waals surface area contributed by atoms with Gasteiger partial charge in [-0.15, -0.1) is 0 Å². The maximum absolute atomic E-state index is 14.1. The Kier molecular flexibility index (Phi) is 7.32. The third-order valence-electron chi connectivity index (χ3n) is 10.3. The second-order valence-corrected chi connectivity index (χ2v) is 13.9. The Balaban J connectivity index is 1.41. The summed E-state index contributed by atoms with van der Waals surface area (Å²) in [6.07, 6.45) is -4.48. The van der Waals surface area contributed by atoms with E-state index in [1.54, 1.807) is 13.0 Å². The van der Waals surface area contributed by atoms with Gasteiger partial charge in [0.1, 0.15) is 0 Å². The largest absolute Gasteiger partial charge is 0.416 e. The number of nitriles is 1. The van der Waals surface area contributed by atoms with Crippen LogP contribution in [0.25, 0.3) is 77.2 Å². The van der Waals surface area contributed by atoms with Crippen molar-refractivity contribution in [2.75, 3.05) is 0 Å². The van der Waals surface area contributed by atoms with Crippen LogP contribution in [0.15, 0.2) is 140 Å². The van der Waals surface area contributed by atoms with Gasteiger partial charge in [-0.05, 0) is 104 Å². The number of halogens is 3. The summed E-state index contributed by atoms with van der Waals surface area (Å²) in [5, 5.41) is 14.6. The molecule has 256 valence electrons. The van der Waals surface area contributed by atoms with E-state index in [0.29, 0.717) is 22.3 Å². The van der Waals surface area contributed by atoms with Crippen LogP contribution >= 0.6 is 0 Å². The monoisotopic (exact) mass is 695 g/mol. The summed E-state index contributed by atoms with van der Waals surface area (Å²) in [5.41, 5.74) is 11.2. The quantitative estimate of drug-likeness (QED) is 0.180. The third kappa shape index (κ3) is 5.27. The fourth-order valence-corrected chi connectivity index (χ4v) is 7.94. The zero-order chi connectivity index (χ0) is 36.6. The van der Waals surface area contributed by atoms with Gasteiger partial charge >= 0.3 is 6.18 Å². The summed E-state index contributed by atoms with van der Waals surface area (Å²) >= 11 is 0. The van der Waals surface area contributed by atoms with Crippen molar-refractivity contribution in [1.82, 2.24) is 9.13 Å². The molecular weight excluding hydrogens is 664 g/mol. The molecule has 0 amide bonds. The Bertz CT molecular complexity index is 2990. The normalized spacial score (nSPS) is 11.9. The molecule has 2 aromatic heterocycles. The van der Waals surface area contributed by atoms with Crippen molar-refractivity contribution in [2.24, 2.45) is 0 Å². The minimum absolute atomic E-state index is 0.486. The van der Waals surface area contributed by atoms with Crippen molar-refractivity contribution >= 4 is 43.6 Å². The van der Waals surface area contributed by atoms with E-state index in [2.05, 4.69) is 89.7 Å². The molecule has 0 aliphatic heterocycles. The molecule has 0 spiro atoms. The molecule has 7 aromatic carbocycles. The van der Waals surface area contributed by atoms with Gasteiger partial charge in [-0.1, -0.05) is 83.9 Å². The van der Waals surface area contributed by atoms with E-state index in [0.717, 1.165) is 77.2 Å². The van der Waals surface area contributed by atoms with Gasteiger partial charge in [-0.2, -0.15) is 18.4 Å². The summed E-state index contributed by atoms with van der Waals surface area (Å²) in [5.74, 6) is 0. The number of nitrogens with zero attached hydrogens (tertiary/aromatic N) is 3. The highest BCUT2D eigenvalue weighted by Gasteiger charge is 2.31. The summed E-state index contributed by atoms with van der Waals surface area (Å²) < 4.78 is 46.7. The number of rotatable bonds is 4. The first-order valence-electron chi connectivity index (χ1n) is 17.5. The van der Waals surface area contributed by atoms with Gasteiger partial charge in [-0.3, -0.25) is 0 Å². The van der Waals surface area contributed by atoms with Crippen LogP contribution in [-0.4, -0.2) is 9.13 Å². The van der Waals surface area contributed by atoms with Gasteiger partial charge < -0.3 is 9.13 Å². The highest BCUT2D eigenvalue weighted by Crippen LogP contribution is 2.43. The molecule has 0 saturated carbocycles. The number of aryl methyl sites for hydroxylation is 3. The Morgan fingerprint density at radius 3 is 1.57 bits per heavy atom. The average Bonchev–Trinajstić information content (AvgIpc) is 3.65. The van der Waals surface area contributed by atoms with Crippen molar-refractivity contribution in [3.8, 4) is 39.7 Å². The number of hydrogen-bond acceptors (Lipinski definition) is 1. The van der Waals surface area contributed by atoms with Crippen LogP contribution in [0.4, 0.5) is 13.2 Å². The maximum atomic E-state index is 14.1. The van der Waals surface area contributed by atoms with Crippen LogP contribution in [0.3, 0.4) is 0 Å². The molecular formula is C47H32F3N3. The first kappa shape index (κ1) is 32.3. The molecule has 2 heterocycles. The number of para-hydroxylation sites is 2. The Morgan fingerprint density at radius 2 is 1.00 bits per heavy atom. The maximum Gasteiger partial charge on any atom is 0.416 e. The molecule has 53 heavy (non-hydrogen) atoms.